The lowest BCUT2D eigenvalue weighted by Gasteiger charge is -2.18. The van der Waals surface area contributed by atoms with Crippen LogP contribution in [0.4, 0.5) is 42.7 Å². The molecule has 21 nitrogen and oxygen atoms in total. The number of amides is 2. The molecule has 79 heavy (non-hydrogen) atoms. The van der Waals surface area contributed by atoms with Gasteiger partial charge in [-0.25, -0.2) is 43.8 Å². The molecule has 0 aliphatic rings. The largest absolute Gasteiger partial charge is 0.508 e. The second-order valence-corrected chi connectivity index (χ2v) is 18.1. The number of hydrogen-bond donors (Lipinski definition) is 11. The molecular formula is C56H71F2N19O2. The average molecular weight is 1080 g/mol. The minimum Gasteiger partial charge on any atom is -0.508 e. The lowest BCUT2D eigenvalue weighted by Crippen LogP contribution is -2.29. The van der Waals surface area contributed by atoms with E-state index in [1.165, 1.54) is 36.0 Å². The summed E-state index contributed by atoms with van der Waals surface area (Å²) in [6, 6.07) is 23.0. The Morgan fingerprint density at radius 2 is 1.16 bits per heavy atom. The maximum absolute atomic E-state index is 13.3. The molecule has 0 radical (unpaired) electrons. The number of carbonyl (C=O) groups excluding carboxylic acids is 1. The Hall–Kier alpha value is -9.54. The Balaban J connectivity index is 0.000000209. The van der Waals surface area contributed by atoms with Crippen molar-refractivity contribution in [2.75, 3.05) is 48.7 Å². The quantitative estimate of drug-likeness (QED) is 0.0538. The number of para-hydroxylation sites is 1. The number of carbonyl (C=O) groups is 1. The second-order valence-electron chi connectivity index (χ2n) is 18.1. The van der Waals surface area contributed by atoms with Crippen molar-refractivity contribution >= 4 is 90.3 Å². The van der Waals surface area contributed by atoms with Crippen LogP contribution in [0.25, 0.3) is 55.1 Å². The van der Waals surface area contributed by atoms with Crippen molar-refractivity contribution in [1.82, 2.24) is 59.5 Å². The van der Waals surface area contributed by atoms with Gasteiger partial charge in [-0.1, -0.05) is 45.9 Å². The SMILES string of the molecule is CC.CC.CC(C)Nc1ncnc(N)c1C(=N)c1cc2cc(F)ccc2[nH]1.CC(C)Nc1ncnc(NC(=O)N(C)C)c1C(=N)c1cc2ccccc2[nH]1.CC(C)n1nc(-c2cc3cc(O)ccc3[nH]2)c2c(N)ncnc21.CF. The summed E-state index contributed by atoms with van der Waals surface area (Å²) in [4.78, 5) is 48.3. The Labute approximate surface area is 457 Å². The first-order valence-corrected chi connectivity index (χ1v) is 25.6. The summed E-state index contributed by atoms with van der Waals surface area (Å²) >= 11 is 0. The number of nitrogen functional groups attached to an aromatic ring is 2. The lowest BCUT2D eigenvalue weighted by atomic mass is 10.1. The lowest BCUT2D eigenvalue weighted by molar-refractivity contribution is 0.230. The second kappa shape index (κ2) is 27.5. The third-order valence-corrected chi connectivity index (χ3v) is 11.2. The van der Waals surface area contributed by atoms with E-state index in [0.29, 0.717) is 63.9 Å². The Morgan fingerprint density at radius 3 is 1.78 bits per heavy atom. The number of nitrogens with two attached hydrogens (primary N) is 2. The number of halogens is 2. The predicted octanol–water partition coefficient (Wildman–Crippen LogP) is 11.7. The van der Waals surface area contributed by atoms with E-state index in [1.807, 2.05) is 116 Å². The van der Waals surface area contributed by atoms with Crippen molar-refractivity contribution in [2.24, 2.45) is 0 Å². The molecular weight excluding hydrogens is 1010 g/mol. The highest BCUT2D eigenvalue weighted by Gasteiger charge is 2.23. The predicted molar refractivity (Wildman–Crippen MR) is 316 cm³/mol. The first kappa shape index (κ1) is 60.3. The van der Waals surface area contributed by atoms with Gasteiger partial charge in [0.2, 0.25) is 0 Å². The van der Waals surface area contributed by atoms with E-state index in [9.17, 15) is 18.7 Å². The Bertz CT molecular complexity index is 3640. The van der Waals surface area contributed by atoms with Crippen LogP contribution in [-0.4, -0.2) is 115 Å². The van der Waals surface area contributed by atoms with Crippen LogP contribution in [0, 0.1) is 16.6 Å². The van der Waals surface area contributed by atoms with Crippen LogP contribution in [-0.2, 0) is 0 Å². The normalized spacial score (nSPS) is 10.6. The van der Waals surface area contributed by atoms with Crippen LogP contribution in [0.5, 0.6) is 5.75 Å². The van der Waals surface area contributed by atoms with Gasteiger partial charge in [-0.15, -0.1) is 0 Å². The number of benzene rings is 3. The summed E-state index contributed by atoms with van der Waals surface area (Å²) in [5.74, 6) is 1.81. The summed E-state index contributed by atoms with van der Waals surface area (Å²) in [5, 5.41) is 44.0. The van der Waals surface area contributed by atoms with E-state index in [-0.39, 0.29) is 58.8 Å². The van der Waals surface area contributed by atoms with Gasteiger partial charge in [0.1, 0.15) is 65.3 Å². The molecule has 0 atom stereocenters. The molecule has 7 aromatic heterocycles. The molecule has 0 saturated carbocycles. The summed E-state index contributed by atoms with van der Waals surface area (Å²) in [6.07, 6.45) is 4.18. The van der Waals surface area contributed by atoms with Crippen LogP contribution < -0.4 is 27.4 Å². The van der Waals surface area contributed by atoms with Gasteiger partial charge >= 0.3 is 6.03 Å². The first-order chi connectivity index (χ1) is 37.9. The number of nitrogens with one attached hydrogen (secondary N) is 8. The molecule has 0 aliphatic carbocycles. The monoisotopic (exact) mass is 1080 g/mol. The van der Waals surface area contributed by atoms with Crippen LogP contribution in [0.1, 0.15) is 97.8 Å². The number of phenols is 1. The molecule has 10 rings (SSSR count). The summed E-state index contributed by atoms with van der Waals surface area (Å²) in [7, 11) is 3.79. The summed E-state index contributed by atoms with van der Waals surface area (Å²) in [6.45, 7) is 20.0. The molecule has 2 amide bonds. The average Bonchev–Trinajstić information content (AvgIpc) is 4.28. The number of aromatic amines is 3. The fraction of sp³-hybridized carbons (Fsp3) is 0.286. The number of anilines is 5. The molecule has 10 aromatic rings. The molecule has 0 aliphatic heterocycles. The van der Waals surface area contributed by atoms with Gasteiger partial charge in [-0.05, 0) is 102 Å². The molecule has 7 heterocycles. The zero-order chi connectivity index (χ0) is 58.2. The fourth-order valence-electron chi connectivity index (χ4n) is 7.85. The van der Waals surface area contributed by atoms with Gasteiger partial charge in [0, 0.05) is 64.9 Å². The van der Waals surface area contributed by atoms with Gasteiger partial charge in [0.25, 0.3) is 0 Å². The van der Waals surface area contributed by atoms with Gasteiger partial charge in [-0.2, -0.15) is 5.10 Å². The van der Waals surface area contributed by atoms with Gasteiger partial charge in [0.05, 0.1) is 52.2 Å². The zero-order valence-electron chi connectivity index (χ0n) is 46.8. The van der Waals surface area contributed by atoms with E-state index in [4.69, 9.17) is 22.3 Å². The first-order valence-electron chi connectivity index (χ1n) is 25.6. The van der Waals surface area contributed by atoms with E-state index in [1.54, 1.807) is 38.4 Å². The number of H-pyrrole nitrogens is 3. The molecule has 0 unspecified atom stereocenters. The summed E-state index contributed by atoms with van der Waals surface area (Å²) < 4.78 is 24.7. The topological polar surface area (TPSA) is 319 Å². The zero-order valence-corrected chi connectivity index (χ0v) is 46.8. The van der Waals surface area contributed by atoms with Gasteiger partial charge < -0.3 is 47.1 Å². The molecule has 416 valence electrons. The van der Waals surface area contributed by atoms with Gasteiger partial charge in [-0.3, -0.25) is 20.5 Å². The van der Waals surface area contributed by atoms with Crippen LogP contribution in [0.15, 0.2) is 97.8 Å². The van der Waals surface area contributed by atoms with E-state index < -0.39 is 0 Å². The van der Waals surface area contributed by atoms with E-state index in [0.717, 1.165) is 38.4 Å². The fourth-order valence-corrected chi connectivity index (χ4v) is 7.85. The Morgan fingerprint density at radius 1 is 0.646 bits per heavy atom. The van der Waals surface area contributed by atoms with Crippen molar-refractivity contribution in [3.8, 4) is 17.1 Å². The molecule has 13 N–H and O–H groups in total. The molecule has 0 saturated heterocycles. The summed E-state index contributed by atoms with van der Waals surface area (Å²) in [5.41, 5.74) is 19.2. The minimum absolute atomic E-state index is 0.103. The number of phenolic OH excluding ortho intramolecular Hbond substituents is 1. The van der Waals surface area contributed by atoms with E-state index >= 15 is 0 Å². The van der Waals surface area contributed by atoms with Crippen molar-refractivity contribution in [3.63, 3.8) is 0 Å². The van der Waals surface area contributed by atoms with E-state index in [2.05, 4.69) is 65.9 Å². The highest BCUT2D eigenvalue weighted by atomic mass is 19.1. The highest BCUT2D eigenvalue weighted by molar-refractivity contribution is 6.18. The molecule has 3 aromatic carbocycles. The van der Waals surface area contributed by atoms with Crippen LogP contribution >= 0.6 is 0 Å². The molecule has 23 heteroatoms. The standard InChI is InChI=1S/C19H23N7O.C16H17FN6.C16H16N6O.2C2H6.CH3F/c1-11(2)23-17-15(18(22-10-21-17)25-19(27)26(3)4)16(20)14-9-12-7-5-6-8-13(12)24-14;1-8(2)22-16-13(15(19)20-7-21-16)14(18)12-6-9-5-10(17)3-4-11(9)23-12;1-8(2)22-16-13(15(17)18-7-19-16)14(21-22)12-6-9-5-10(23)3-4-11(9)20-12;3*1-2/h5-11,20,24H,1-4H3,(H2,21,22,23,25,27);3-8,18,23H,1-2H3,(H3,19,20,21,22);3-8,20,23H,1-2H3,(H2,17,18,19);2*1-2H3;1H3. The van der Waals surface area contributed by atoms with Crippen LogP contribution in [0.3, 0.4) is 0 Å². The number of aromatic hydroxyl groups is 1. The number of rotatable bonds is 11. The van der Waals surface area contributed by atoms with Crippen molar-refractivity contribution < 1.29 is 18.7 Å². The maximum atomic E-state index is 13.3. The third-order valence-electron chi connectivity index (χ3n) is 11.2. The molecule has 0 bridgehead atoms. The molecule has 0 fully saturated rings. The van der Waals surface area contributed by atoms with Crippen molar-refractivity contribution in [2.45, 2.75) is 87.4 Å². The molecule has 0 spiro atoms. The number of urea groups is 1. The van der Waals surface area contributed by atoms with Crippen LogP contribution in [0.2, 0.25) is 0 Å². The highest BCUT2D eigenvalue weighted by Crippen LogP contribution is 2.34. The minimum atomic E-state index is -0.324. The number of hydrogen-bond acceptors (Lipinski definition) is 15. The van der Waals surface area contributed by atoms with Crippen molar-refractivity contribution in [1.29, 1.82) is 10.8 Å². The van der Waals surface area contributed by atoms with Gasteiger partial charge in [0.15, 0.2) is 5.65 Å². The smallest absolute Gasteiger partial charge is 0.322 e. The third kappa shape index (κ3) is 14.3. The number of aromatic nitrogens is 11. The van der Waals surface area contributed by atoms with Crippen molar-refractivity contribution in [3.05, 3.63) is 126 Å². The number of nitrogens with zero attached hydrogens (tertiary/aromatic N) is 9. The Kier molecular flexibility index (Phi) is 21.0. The number of alkyl halides is 1. The maximum Gasteiger partial charge on any atom is 0.322 e. The number of fused-ring (bicyclic) bond motifs is 4.